The fourth-order valence-corrected chi connectivity index (χ4v) is 3.60. The molecule has 0 aromatic heterocycles. The van der Waals surface area contributed by atoms with Crippen LogP contribution < -0.4 is 23.8 Å². The maximum Gasteiger partial charge on any atom is 0.240 e. The smallest absolute Gasteiger partial charge is 0.240 e. The molecule has 2 aromatic rings. The quantitative estimate of drug-likeness (QED) is 0.552. The van der Waals surface area contributed by atoms with Crippen molar-refractivity contribution in [3.8, 4) is 17.2 Å². The molecule has 0 spiro atoms. The molecule has 1 amide bonds. The van der Waals surface area contributed by atoms with E-state index in [-0.39, 0.29) is 18.8 Å². The number of benzene rings is 2. The van der Waals surface area contributed by atoms with Crippen molar-refractivity contribution in [2.45, 2.75) is 6.92 Å². The zero-order valence-electron chi connectivity index (χ0n) is 17.3. The van der Waals surface area contributed by atoms with Gasteiger partial charge in [0.25, 0.3) is 0 Å². The number of nitrogens with one attached hydrogen (secondary N) is 1. The number of carbonyl (C=O) groups is 1. The predicted octanol–water partition coefficient (Wildman–Crippen LogP) is 2.63. The molecule has 0 heterocycles. The van der Waals surface area contributed by atoms with E-state index in [0.717, 1.165) is 16.1 Å². The van der Waals surface area contributed by atoms with Crippen molar-refractivity contribution in [1.82, 2.24) is 5.32 Å². The molecule has 1 N–H and O–H groups in total. The Morgan fingerprint density at radius 3 is 2.40 bits per heavy atom. The number of methoxy groups -OCH3 is 2. The van der Waals surface area contributed by atoms with Gasteiger partial charge in [-0.3, -0.25) is 9.10 Å². The second-order valence-electron chi connectivity index (χ2n) is 6.42. The summed E-state index contributed by atoms with van der Waals surface area (Å²) in [6.45, 7) is 1.86. The minimum atomic E-state index is -3.76. The van der Waals surface area contributed by atoms with Crippen LogP contribution in [0.3, 0.4) is 0 Å². The molecule has 0 unspecified atom stereocenters. The summed E-state index contributed by atoms with van der Waals surface area (Å²) >= 11 is 6.05. The minimum Gasteiger partial charge on any atom is -0.497 e. The van der Waals surface area contributed by atoms with Crippen molar-refractivity contribution in [3.05, 3.63) is 47.0 Å². The Morgan fingerprint density at radius 1 is 1.10 bits per heavy atom. The third-order valence-corrected chi connectivity index (χ3v) is 5.71. The molecule has 10 heteroatoms. The Morgan fingerprint density at radius 2 is 1.80 bits per heavy atom. The minimum absolute atomic E-state index is 0.192. The molecule has 2 rings (SSSR count). The molecular weight excluding hydrogens is 432 g/mol. The van der Waals surface area contributed by atoms with Gasteiger partial charge in [0.15, 0.2) is 0 Å². The normalized spacial score (nSPS) is 11.0. The molecule has 8 nitrogen and oxygen atoms in total. The molecule has 0 radical (unpaired) electrons. The first-order chi connectivity index (χ1) is 14.2. The van der Waals surface area contributed by atoms with Crippen LogP contribution in [-0.2, 0) is 14.8 Å². The topological polar surface area (TPSA) is 94.2 Å². The average molecular weight is 457 g/mol. The number of sulfonamides is 1. The SMILES string of the molecule is COc1ccc(OC)c(N(CC(=O)NCCOc2ccc(C)c(Cl)c2)S(C)(=O)=O)c1. The number of ether oxygens (including phenoxy) is 3. The standard InChI is InChI=1S/C20H25ClN2O6S/c1-14-5-6-16(11-17(14)21)29-10-9-22-20(24)13-23(30(4,25)26)18-12-15(27-2)7-8-19(18)28-3/h5-8,11-12H,9-10,13H2,1-4H3,(H,22,24). The van der Waals surface area contributed by atoms with E-state index in [1.807, 2.05) is 13.0 Å². The van der Waals surface area contributed by atoms with Crippen LogP contribution >= 0.6 is 11.6 Å². The molecule has 0 atom stereocenters. The molecular formula is C20H25ClN2O6S. The van der Waals surface area contributed by atoms with Gasteiger partial charge < -0.3 is 19.5 Å². The summed E-state index contributed by atoms with van der Waals surface area (Å²) in [6.07, 6.45) is 1.02. The molecule has 0 bridgehead atoms. The maximum atomic E-state index is 12.4. The summed E-state index contributed by atoms with van der Waals surface area (Å²) in [4.78, 5) is 12.4. The lowest BCUT2D eigenvalue weighted by molar-refractivity contribution is -0.119. The molecule has 164 valence electrons. The van der Waals surface area contributed by atoms with Crippen molar-refractivity contribution in [3.63, 3.8) is 0 Å². The summed E-state index contributed by atoms with van der Waals surface area (Å²) in [7, 11) is -0.882. The molecule has 0 saturated heterocycles. The van der Waals surface area contributed by atoms with E-state index in [1.165, 1.54) is 20.3 Å². The van der Waals surface area contributed by atoms with Gasteiger partial charge in [0.2, 0.25) is 15.9 Å². The molecule has 30 heavy (non-hydrogen) atoms. The highest BCUT2D eigenvalue weighted by atomic mass is 35.5. The van der Waals surface area contributed by atoms with Crippen LogP contribution in [0.15, 0.2) is 36.4 Å². The molecule has 0 aliphatic rings. The Bertz CT molecular complexity index is 997. The summed E-state index contributed by atoms with van der Waals surface area (Å²) < 4.78 is 41.6. The first kappa shape index (κ1) is 23.6. The van der Waals surface area contributed by atoms with Gasteiger partial charge in [-0.05, 0) is 36.8 Å². The first-order valence-corrected chi connectivity index (χ1v) is 11.2. The number of nitrogens with zero attached hydrogens (tertiary/aromatic N) is 1. The largest absolute Gasteiger partial charge is 0.497 e. The summed E-state index contributed by atoms with van der Waals surface area (Å²) in [5.74, 6) is 0.827. The van der Waals surface area contributed by atoms with Crippen molar-refractivity contribution >= 4 is 33.2 Å². The van der Waals surface area contributed by atoms with Gasteiger partial charge in [0.05, 0.1) is 32.7 Å². The Kier molecular flexibility index (Phi) is 8.19. The lowest BCUT2D eigenvalue weighted by atomic mass is 10.2. The fourth-order valence-electron chi connectivity index (χ4n) is 2.58. The third-order valence-electron chi connectivity index (χ3n) is 4.18. The van der Waals surface area contributed by atoms with Gasteiger partial charge in [-0.15, -0.1) is 0 Å². The van der Waals surface area contributed by atoms with Crippen LogP contribution in [0.4, 0.5) is 5.69 Å². The summed E-state index contributed by atoms with van der Waals surface area (Å²) in [6, 6.07) is 10.0. The van der Waals surface area contributed by atoms with Gasteiger partial charge in [-0.1, -0.05) is 17.7 Å². The Hall–Kier alpha value is -2.65. The fraction of sp³-hybridized carbons (Fsp3) is 0.350. The van der Waals surface area contributed by atoms with E-state index in [4.69, 9.17) is 25.8 Å². The van der Waals surface area contributed by atoms with Gasteiger partial charge >= 0.3 is 0 Å². The van der Waals surface area contributed by atoms with E-state index in [0.29, 0.717) is 22.3 Å². The van der Waals surface area contributed by atoms with Crippen LogP contribution in [-0.4, -0.2) is 54.5 Å². The monoisotopic (exact) mass is 456 g/mol. The van der Waals surface area contributed by atoms with E-state index in [1.54, 1.807) is 24.3 Å². The number of rotatable bonds is 10. The van der Waals surface area contributed by atoms with Crippen LogP contribution in [0.1, 0.15) is 5.56 Å². The van der Waals surface area contributed by atoms with Crippen LogP contribution in [0, 0.1) is 6.92 Å². The lowest BCUT2D eigenvalue weighted by Crippen LogP contribution is -2.41. The average Bonchev–Trinajstić information content (AvgIpc) is 2.70. The van der Waals surface area contributed by atoms with Gasteiger partial charge in [-0.25, -0.2) is 8.42 Å². The van der Waals surface area contributed by atoms with E-state index < -0.39 is 22.5 Å². The van der Waals surface area contributed by atoms with Crippen LogP contribution in [0.25, 0.3) is 0 Å². The van der Waals surface area contributed by atoms with Gasteiger partial charge in [0, 0.05) is 11.1 Å². The Labute approximate surface area is 181 Å². The van der Waals surface area contributed by atoms with E-state index in [9.17, 15) is 13.2 Å². The third kappa shape index (κ3) is 6.43. The van der Waals surface area contributed by atoms with Crippen molar-refractivity contribution in [2.75, 3.05) is 44.5 Å². The molecule has 0 aliphatic carbocycles. The lowest BCUT2D eigenvalue weighted by Gasteiger charge is -2.24. The summed E-state index contributed by atoms with van der Waals surface area (Å²) in [5.41, 5.74) is 1.14. The number of halogens is 1. The zero-order chi connectivity index (χ0) is 22.3. The van der Waals surface area contributed by atoms with Gasteiger partial charge in [0.1, 0.15) is 30.4 Å². The molecule has 2 aromatic carbocycles. The molecule has 0 fully saturated rings. The number of aryl methyl sites for hydroxylation is 1. The second kappa shape index (κ2) is 10.4. The van der Waals surface area contributed by atoms with Crippen molar-refractivity contribution < 1.29 is 27.4 Å². The van der Waals surface area contributed by atoms with Crippen LogP contribution in [0.2, 0.25) is 5.02 Å². The highest BCUT2D eigenvalue weighted by Crippen LogP contribution is 2.33. The second-order valence-corrected chi connectivity index (χ2v) is 8.73. The maximum absolute atomic E-state index is 12.4. The number of hydrogen-bond acceptors (Lipinski definition) is 6. The zero-order valence-corrected chi connectivity index (χ0v) is 18.8. The predicted molar refractivity (Wildman–Crippen MR) is 116 cm³/mol. The highest BCUT2D eigenvalue weighted by Gasteiger charge is 2.24. The van der Waals surface area contributed by atoms with E-state index in [2.05, 4.69) is 5.32 Å². The first-order valence-electron chi connectivity index (χ1n) is 9.01. The summed E-state index contributed by atoms with van der Waals surface area (Å²) in [5, 5.41) is 3.23. The number of hydrogen-bond donors (Lipinski definition) is 1. The van der Waals surface area contributed by atoms with Crippen molar-refractivity contribution in [2.24, 2.45) is 0 Å². The number of carbonyl (C=O) groups excluding carboxylic acids is 1. The molecule has 0 saturated carbocycles. The van der Waals surface area contributed by atoms with Gasteiger partial charge in [-0.2, -0.15) is 0 Å². The van der Waals surface area contributed by atoms with E-state index >= 15 is 0 Å². The van der Waals surface area contributed by atoms with Crippen molar-refractivity contribution in [1.29, 1.82) is 0 Å². The Balaban J connectivity index is 2.02. The molecule has 0 aliphatic heterocycles. The number of amides is 1. The van der Waals surface area contributed by atoms with Crippen LogP contribution in [0.5, 0.6) is 17.2 Å². The highest BCUT2D eigenvalue weighted by molar-refractivity contribution is 7.92. The number of anilines is 1.